The Labute approximate surface area is 178 Å². The van der Waals surface area contributed by atoms with Gasteiger partial charge in [-0.2, -0.15) is 0 Å². The highest BCUT2D eigenvalue weighted by Gasteiger charge is 2.09. The van der Waals surface area contributed by atoms with Gasteiger partial charge in [0.2, 0.25) is 0 Å². The number of benzene rings is 3. The van der Waals surface area contributed by atoms with Crippen molar-refractivity contribution in [2.45, 2.75) is 13.2 Å². The molecular formula is C22H19Cl2NO4. The van der Waals surface area contributed by atoms with E-state index in [1.165, 1.54) is 0 Å². The van der Waals surface area contributed by atoms with Crippen LogP contribution in [0.5, 0.6) is 11.5 Å². The number of nitrogens with one attached hydrogen (secondary N) is 1. The van der Waals surface area contributed by atoms with Crippen molar-refractivity contribution in [1.82, 2.24) is 0 Å². The molecule has 0 aromatic heterocycles. The molecule has 7 heteroatoms. The molecule has 0 saturated heterocycles. The summed E-state index contributed by atoms with van der Waals surface area (Å²) in [6.45, 7) is 0.786. The summed E-state index contributed by atoms with van der Waals surface area (Å²) in [5.41, 5.74) is 2.74. The number of carbonyl (C=O) groups is 1. The molecule has 150 valence electrons. The average molecular weight is 432 g/mol. The van der Waals surface area contributed by atoms with E-state index in [0.29, 0.717) is 28.1 Å². The number of carboxylic acids is 1. The Morgan fingerprint density at radius 1 is 1.03 bits per heavy atom. The number of aromatic carboxylic acids is 1. The molecule has 0 aliphatic rings. The van der Waals surface area contributed by atoms with Gasteiger partial charge in [-0.3, -0.25) is 0 Å². The molecule has 5 nitrogen and oxygen atoms in total. The Kier molecular flexibility index (Phi) is 6.86. The molecule has 0 radical (unpaired) electrons. The van der Waals surface area contributed by atoms with E-state index in [4.69, 9.17) is 37.8 Å². The van der Waals surface area contributed by atoms with Crippen molar-refractivity contribution >= 4 is 34.9 Å². The second kappa shape index (κ2) is 9.54. The largest absolute Gasteiger partial charge is 0.493 e. The van der Waals surface area contributed by atoms with E-state index in [1.54, 1.807) is 37.4 Å². The van der Waals surface area contributed by atoms with Crippen LogP contribution in [0, 0.1) is 0 Å². The maximum Gasteiger partial charge on any atom is 0.335 e. The first-order valence-corrected chi connectivity index (χ1v) is 9.52. The SMILES string of the molecule is COc1cc(CNc2cccc(C(=O)O)c2)ccc1OCc1ccc(Cl)cc1Cl. The monoisotopic (exact) mass is 431 g/mol. The molecule has 0 saturated carbocycles. The smallest absolute Gasteiger partial charge is 0.335 e. The topological polar surface area (TPSA) is 67.8 Å². The number of carboxylic acid groups (broad SMARTS) is 1. The summed E-state index contributed by atoms with van der Waals surface area (Å²) < 4.78 is 11.3. The van der Waals surface area contributed by atoms with Gasteiger partial charge < -0.3 is 19.9 Å². The lowest BCUT2D eigenvalue weighted by atomic mass is 10.1. The molecule has 0 atom stereocenters. The van der Waals surface area contributed by atoms with E-state index < -0.39 is 5.97 Å². The van der Waals surface area contributed by atoms with Crippen molar-refractivity contribution < 1.29 is 19.4 Å². The Morgan fingerprint density at radius 2 is 1.86 bits per heavy atom. The zero-order chi connectivity index (χ0) is 20.8. The van der Waals surface area contributed by atoms with E-state index >= 15 is 0 Å². The summed E-state index contributed by atoms with van der Waals surface area (Å²) in [6, 6.07) is 17.5. The first kappa shape index (κ1) is 20.8. The number of hydrogen-bond acceptors (Lipinski definition) is 4. The fourth-order valence-electron chi connectivity index (χ4n) is 2.70. The second-order valence-corrected chi connectivity index (χ2v) is 7.09. The Balaban J connectivity index is 1.66. The zero-order valence-electron chi connectivity index (χ0n) is 15.6. The highest BCUT2D eigenvalue weighted by molar-refractivity contribution is 6.35. The molecule has 0 unspecified atom stereocenters. The molecule has 0 spiro atoms. The van der Waals surface area contributed by atoms with Crippen LogP contribution in [0.1, 0.15) is 21.5 Å². The van der Waals surface area contributed by atoms with Crippen LogP contribution in [0.25, 0.3) is 0 Å². The van der Waals surface area contributed by atoms with Crippen LogP contribution in [0.15, 0.2) is 60.7 Å². The third-order valence-corrected chi connectivity index (χ3v) is 4.82. The van der Waals surface area contributed by atoms with Crippen LogP contribution in [0.4, 0.5) is 5.69 Å². The third-order valence-electron chi connectivity index (χ3n) is 4.23. The van der Waals surface area contributed by atoms with Gasteiger partial charge in [0.15, 0.2) is 11.5 Å². The summed E-state index contributed by atoms with van der Waals surface area (Å²) in [6.07, 6.45) is 0. The molecule has 29 heavy (non-hydrogen) atoms. The Hall–Kier alpha value is -2.89. The van der Waals surface area contributed by atoms with Gasteiger partial charge in [0.1, 0.15) is 6.61 Å². The normalized spacial score (nSPS) is 10.4. The average Bonchev–Trinajstić information content (AvgIpc) is 2.72. The first-order chi connectivity index (χ1) is 14.0. The third kappa shape index (κ3) is 5.56. The van der Waals surface area contributed by atoms with Crippen molar-refractivity contribution in [3.05, 3.63) is 87.4 Å². The summed E-state index contributed by atoms with van der Waals surface area (Å²) >= 11 is 12.1. The molecule has 3 aromatic rings. The number of ether oxygens (including phenoxy) is 2. The van der Waals surface area contributed by atoms with Crippen LogP contribution in [0.2, 0.25) is 10.0 Å². The van der Waals surface area contributed by atoms with Crippen molar-refractivity contribution in [3.63, 3.8) is 0 Å². The number of hydrogen-bond donors (Lipinski definition) is 2. The summed E-state index contributed by atoms with van der Waals surface area (Å²) in [5.74, 6) is 0.224. The standard InChI is InChI=1S/C22H19Cl2NO4/c1-28-21-9-14(12-25-18-4-2-3-15(10-18)22(26)27)5-8-20(21)29-13-16-6-7-17(23)11-19(16)24/h2-11,25H,12-13H2,1H3,(H,26,27). The number of halogens is 2. The Morgan fingerprint density at radius 3 is 2.59 bits per heavy atom. The predicted molar refractivity (Wildman–Crippen MR) is 115 cm³/mol. The number of rotatable bonds is 8. The minimum atomic E-state index is -0.961. The maximum atomic E-state index is 11.1. The maximum absolute atomic E-state index is 11.1. The van der Waals surface area contributed by atoms with Crippen LogP contribution in [0.3, 0.4) is 0 Å². The van der Waals surface area contributed by atoms with Crippen LogP contribution < -0.4 is 14.8 Å². The fraction of sp³-hybridized carbons (Fsp3) is 0.136. The number of methoxy groups -OCH3 is 1. The zero-order valence-corrected chi connectivity index (χ0v) is 17.1. The van der Waals surface area contributed by atoms with Gasteiger partial charge in [-0.05, 0) is 48.0 Å². The van der Waals surface area contributed by atoms with E-state index in [2.05, 4.69) is 5.32 Å². The predicted octanol–water partition coefficient (Wildman–Crippen LogP) is 5.89. The lowest BCUT2D eigenvalue weighted by Gasteiger charge is -2.14. The van der Waals surface area contributed by atoms with Gasteiger partial charge in [-0.15, -0.1) is 0 Å². The molecule has 0 bridgehead atoms. The van der Waals surface area contributed by atoms with Gasteiger partial charge in [-0.25, -0.2) is 4.79 Å². The van der Waals surface area contributed by atoms with Gasteiger partial charge in [0.25, 0.3) is 0 Å². The highest BCUT2D eigenvalue weighted by Crippen LogP contribution is 2.30. The van der Waals surface area contributed by atoms with Crippen LogP contribution >= 0.6 is 23.2 Å². The van der Waals surface area contributed by atoms with E-state index in [0.717, 1.165) is 16.8 Å². The minimum absolute atomic E-state index is 0.234. The lowest BCUT2D eigenvalue weighted by molar-refractivity contribution is 0.0697. The summed E-state index contributed by atoms with van der Waals surface area (Å²) in [4.78, 5) is 11.1. The fourth-order valence-corrected chi connectivity index (χ4v) is 3.16. The van der Waals surface area contributed by atoms with Gasteiger partial charge in [-0.1, -0.05) is 41.4 Å². The lowest BCUT2D eigenvalue weighted by Crippen LogP contribution is -2.03. The van der Waals surface area contributed by atoms with Crippen LogP contribution in [-0.4, -0.2) is 18.2 Å². The molecule has 0 aliphatic carbocycles. The molecule has 3 aromatic carbocycles. The molecule has 0 heterocycles. The molecular weight excluding hydrogens is 413 g/mol. The first-order valence-electron chi connectivity index (χ1n) is 8.77. The summed E-state index contributed by atoms with van der Waals surface area (Å²) in [7, 11) is 1.57. The Bertz CT molecular complexity index is 1020. The highest BCUT2D eigenvalue weighted by atomic mass is 35.5. The molecule has 2 N–H and O–H groups in total. The second-order valence-electron chi connectivity index (χ2n) is 6.25. The van der Waals surface area contributed by atoms with Crippen molar-refractivity contribution in [1.29, 1.82) is 0 Å². The van der Waals surface area contributed by atoms with Crippen molar-refractivity contribution in [2.75, 3.05) is 12.4 Å². The van der Waals surface area contributed by atoms with Gasteiger partial charge >= 0.3 is 5.97 Å². The van der Waals surface area contributed by atoms with E-state index in [9.17, 15) is 4.79 Å². The molecule has 0 fully saturated rings. The van der Waals surface area contributed by atoms with E-state index in [1.807, 2.05) is 30.3 Å². The van der Waals surface area contributed by atoms with Gasteiger partial charge in [0.05, 0.1) is 12.7 Å². The number of anilines is 1. The van der Waals surface area contributed by atoms with Crippen molar-refractivity contribution in [3.8, 4) is 11.5 Å². The van der Waals surface area contributed by atoms with Crippen molar-refractivity contribution in [2.24, 2.45) is 0 Å². The van der Waals surface area contributed by atoms with Crippen LogP contribution in [-0.2, 0) is 13.2 Å². The van der Waals surface area contributed by atoms with E-state index in [-0.39, 0.29) is 12.2 Å². The van der Waals surface area contributed by atoms with Gasteiger partial charge in [0, 0.05) is 27.8 Å². The molecule has 0 amide bonds. The summed E-state index contributed by atoms with van der Waals surface area (Å²) in [5, 5.41) is 13.4. The minimum Gasteiger partial charge on any atom is -0.493 e. The quantitative estimate of drug-likeness (QED) is 0.465. The molecule has 0 aliphatic heterocycles. The molecule has 3 rings (SSSR count).